The number of hydrogen-bond acceptors (Lipinski definition) is 3. The molecule has 0 aliphatic heterocycles. The van der Waals surface area contributed by atoms with E-state index in [2.05, 4.69) is 58.3 Å². The van der Waals surface area contributed by atoms with Crippen LogP contribution in [0.3, 0.4) is 0 Å². The molecule has 1 aromatic heterocycles. The van der Waals surface area contributed by atoms with Crippen molar-refractivity contribution in [2.24, 2.45) is 5.41 Å². The number of hydrogen-bond donors (Lipinski definition) is 2. The second-order valence-corrected chi connectivity index (χ2v) is 6.43. The Morgan fingerprint density at radius 3 is 2.67 bits per heavy atom. The van der Waals surface area contributed by atoms with Gasteiger partial charge in [0.15, 0.2) is 0 Å². The topological polar surface area (TPSA) is 45.1 Å². The van der Waals surface area contributed by atoms with Crippen LogP contribution in [0.2, 0.25) is 0 Å². The molecule has 0 spiro atoms. The molecule has 0 aliphatic carbocycles. The summed E-state index contributed by atoms with van der Waals surface area (Å²) in [6.07, 6.45) is 3.78. The number of aliphatic hydroxyl groups excluding tert-OH is 1. The van der Waals surface area contributed by atoms with E-state index in [9.17, 15) is 5.11 Å². The molecule has 0 atom stereocenters. The lowest BCUT2D eigenvalue weighted by atomic mass is 9.83. The molecule has 0 bridgehead atoms. The third-order valence-electron chi connectivity index (χ3n) is 4.45. The van der Waals surface area contributed by atoms with Gasteiger partial charge in [0.25, 0.3) is 0 Å². The molecular weight excluding hydrogens is 328 g/mol. The van der Waals surface area contributed by atoms with Crippen molar-refractivity contribution in [3.8, 4) is 0 Å². The molecular formula is C17H23BrN2O. The van der Waals surface area contributed by atoms with E-state index in [4.69, 9.17) is 0 Å². The number of nitrogens with zero attached hydrogens (tertiary/aromatic N) is 1. The maximum Gasteiger partial charge on any atom is 0.0758 e. The van der Waals surface area contributed by atoms with Gasteiger partial charge in [-0.05, 0) is 30.5 Å². The largest absolute Gasteiger partial charge is 0.396 e. The van der Waals surface area contributed by atoms with Crippen molar-refractivity contribution in [3.05, 3.63) is 40.5 Å². The maximum atomic E-state index is 9.62. The average Bonchev–Trinajstić information content (AvgIpc) is 2.54. The van der Waals surface area contributed by atoms with Crippen molar-refractivity contribution in [1.82, 2.24) is 10.3 Å². The van der Waals surface area contributed by atoms with E-state index in [0.29, 0.717) is 0 Å². The van der Waals surface area contributed by atoms with Gasteiger partial charge in [-0.25, -0.2) is 0 Å². The maximum absolute atomic E-state index is 9.62. The minimum absolute atomic E-state index is 0.0153. The molecule has 0 fully saturated rings. The fourth-order valence-corrected chi connectivity index (χ4v) is 3.03. The Labute approximate surface area is 134 Å². The summed E-state index contributed by atoms with van der Waals surface area (Å²) in [6.45, 7) is 6.09. The molecule has 1 heterocycles. The Kier molecular flexibility index (Phi) is 5.73. The van der Waals surface area contributed by atoms with Gasteiger partial charge in [0, 0.05) is 41.2 Å². The van der Waals surface area contributed by atoms with E-state index >= 15 is 0 Å². The van der Waals surface area contributed by atoms with Crippen LogP contribution >= 0.6 is 15.9 Å². The van der Waals surface area contributed by atoms with E-state index in [1.807, 2.05) is 12.3 Å². The fourth-order valence-electron chi connectivity index (χ4n) is 2.58. The van der Waals surface area contributed by atoms with Crippen LogP contribution in [-0.2, 0) is 6.54 Å². The summed E-state index contributed by atoms with van der Waals surface area (Å²) in [5.74, 6) is 0. The van der Waals surface area contributed by atoms with Crippen LogP contribution in [0, 0.1) is 5.41 Å². The second kappa shape index (κ2) is 7.34. The number of benzene rings is 1. The molecule has 4 heteroatoms. The van der Waals surface area contributed by atoms with Gasteiger partial charge in [-0.1, -0.05) is 41.9 Å². The SMILES string of the molecule is CCC(CC)(CO)CNCc1ccc(Br)c2cccnc12. The molecule has 2 aromatic rings. The van der Waals surface area contributed by atoms with Gasteiger partial charge in [0.1, 0.15) is 0 Å². The van der Waals surface area contributed by atoms with E-state index in [0.717, 1.165) is 41.3 Å². The average molecular weight is 351 g/mol. The van der Waals surface area contributed by atoms with Crippen molar-refractivity contribution in [1.29, 1.82) is 0 Å². The summed E-state index contributed by atoms with van der Waals surface area (Å²) >= 11 is 3.57. The van der Waals surface area contributed by atoms with Crippen LogP contribution in [0.5, 0.6) is 0 Å². The lowest BCUT2D eigenvalue weighted by Gasteiger charge is -2.29. The van der Waals surface area contributed by atoms with Gasteiger partial charge in [0.05, 0.1) is 5.52 Å². The first-order valence-electron chi connectivity index (χ1n) is 7.49. The van der Waals surface area contributed by atoms with Crippen molar-refractivity contribution >= 4 is 26.8 Å². The van der Waals surface area contributed by atoms with Crippen LogP contribution < -0.4 is 5.32 Å². The van der Waals surface area contributed by atoms with Gasteiger partial charge in [-0.2, -0.15) is 0 Å². The molecule has 114 valence electrons. The second-order valence-electron chi connectivity index (χ2n) is 5.57. The number of pyridine rings is 1. The van der Waals surface area contributed by atoms with Gasteiger partial charge >= 0.3 is 0 Å². The number of aromatic nitrogens is 1. The normalized spacial score (nSPS) is 12.0. The van der Waals surface area contributed by atoms with E-state index < -0.39 is 0 Å². The molecule has 1 aromatic carbocycles. The highest BCUT2D eigenvalue weighted by atomic mass is 79.9. The summed E-state index contributed by atoms with van der Waals surface area (Å²) in [6, 6.07) is 8.20. The predicted molar refractivity (Wildman–Crippen MR) is 91.3 cm³/mol. The number of aliphatic hydroxyl groups is 1. The zero-order valence-electron chi connectivity index (χ0n) is 12.7. The molecule has 2 N–H and O–H groups in total. The summed E-state index contributed by atoms with van der Waals surface area (Å²) in [5.41, 5.74) is 2.20. The van der Waals surface area contributed by atoms with Gasteiger partial charge in [-0.15, -0.1) is 0 Å². The van der Waals surface area contributed by atoms with Gasteiger partial charge in [-0.3, -0.25) is 4.98 Å². The first-order valence-corrected chi connectivity index (χ1v) is 8.29. The van der Waals surface area contributed by atoms with Crippen molar-refractivity contribution in [3.63, 3.8) is 0 Å². The highest BCUT2D eigenvalue weighted by Crippen LogP contribution is 2.27. The number of halogens is 1. The van der Waals surface area contributed by atoms with Gasteiger partial charge < -0.3 is 10.4 Å². The predicted octanol–water partition coefficient (Wildman–Crippen LogP) is 3.89. The van der Waals surface area contributed by atoms with Crippen LogP contribution in [0.25, 0.3) is 10.9 Å². The lowest BCUT2D eigenvalue weighted by molar-refractivity contribution is 0.113. The fraction of sp³-hybridized carbons (Fsp3) is 0.471. The zero-order chi connectivity index (χ0) is 15.3. The monoisotopic (exact) mass is 350 g/mol. The highest BCUT2D eigenvalue weighted by Gasteiger charge is 2.24. The Bertz CT molecular complexity index is 588. The van der Waals surface area contributed by atoms with Crippen LogP contribution in [0.15, 0.2) is 34.9 Å². The zero-order valence-corrected chi connectivity index (χ0v) is 14.3. The smallest absolute Gasteiger partial charge is 0.0758 e. The van der Waals surface area contributed by atoms with Crippen LogP contribution in [-0.4, -0.2) is 23.2 Å². The third kappa shape index (κ3) is 3.62. The molecule has 0 radical (unpaired) electrons. The molecule has 0 unspecified atom stereocenters. The first-order chi connectivity index (χ1) is 10.2. The van der Waals surface area contributed by atoms with Crippen molar-refractivity contribution in [2.45, 2.75) is 33.2 Å². The van der Waals surface area contributed by atoms with Gasteiger partial charge in [0.2, 0.25) is 0 Å². The van der Waals surface area contributed by atoms with Crippen molar-refractivity contribution in [2.75, 3.05) is 13.2 Å². The summed E-state index contributed by atoms with van der Waals surface area (Å²) in [7, 11) is 0. The summed E-state index contributed by atoms with van der Waals surface area (Å²) in [5, 5.41) is 14.3. The third-order valence-corrected chi connectivity index (χ3v) is 5.14. The van der Waals surface area contributed by atoms with Crippen LogP contribution in [0.4, 0.5) is 0 Å². The molecule has 2 rings (SSSR count). The molecule has 21 heavy (non-hydrogen) atoms. The number of fused-ring (bicyclic) bond motifs is 1. The quantitative estimate of drug-likeness (QED) is 0.796. The minimum Gasteiger partial charge on any atom is -0.396 e. The molecule has 0 aliphatic rings. The molecule has 3 nitrogen and oxygen atoms in total. The standard InChI is InChI=1S/C17H23BrN2O/c1-3-17(4-2,12-21)11-19-10-13-7-8-15(18)14-6-5-9-20-16(13)14/h5-9,19,21H,3-4,10-12H2,1-2H3. The summed E-state index contributed by atoms with van der Waals surface area (Å²) < 4.78 is 1.07. The summed E-state index contributed by atoms with van der Waals surface area (Å²) in [4.78, 5) is 4.50. The van der Waals surface area contributed by atoms with E-state index in [1.165, 1.54) is 5.56 Å². The van der Waals surface area contributed by atoms with E-state index in [-0.39, 0.29) is 12.0 Å². The Balaban J connectivity index is 2.13. The Morgan fingerprint density at radius 2 is 2.00 bits per heavy atom. The Hall–Kier alpha value is -0.970. The van der Waals surface area contributed by atoms with Crippen LogP contribution in [0.1, 0.15) is 32.3 Å². The lowest BCUT2D eigenvalue weighted by Crippen LogP contribution is -2.36. The number of rotatable bonds is 7. The van der Waals surface area contributed by atoms with Crippen molar-refractivity contribution < 1.29 is 5.11 Å². The first kappa shape index (κ1) is 16.4. The Morgan fingerprint density at radius 1 is 1.24 bits per heavy atom. The van der Waals surface area contributed by atoms with E-state index in [1.54, 1.807) is 0 Å². The molecule has 0 saturated heterocycles. The minimum atomic E-state index is -0.0153. The number of nitrogens with one attached hydrogen (secondary N) is 1. The molecule has 0 saturated carbocycles. The molecule has 0 amide bonds. The highest BCUT2D eigenvalue weighted by molar-refractivity contribution is 9.10.